The van der Waals surface area contributed by atoms with Crippen LogP contribution in [-0.2, 0) is 55.0 Å². The van der Waals surface area contributed by atoms with Crippen LogP contribution in [0.25, 0.3) is 0 Å². The SMILES string of the molecule is CCCCCCCCCCCCCCc1cccc(N=C(CC)C(CCCC)=Nc2cccc(CCCCCCCCCCCCCC)c2)c1.CCCCc1c(CC)cc(O)c(O)c1C(=O)[O-].CCCCc1c(CC)cc(O)c(O)c1C(=O)[O-].[Ni+2]. The van der Waals surface area contributed by atoms with Gasteiger partial charge >= 0.3 is 16.5 Å². The summed E-state index contributed by atoms with van der Waals surface area (Å²) in [5, 5.41) is 60.2. The van der Waals surface area contributed by atoms with E-state index in [-0.39, 0.29) is 27.6 Å². The van der Waals surface area contributed by atoms with Crippen molar-refractivity contribution in [3.8, 4) is 23.0 Å². The summed E-state index contributed by atoms with van der Waals surface area (Å²) in [7, 11) is 0. The molecular weight excluding hydrogens is 1100 g/mol. The van der Waals surface area contributed by atoms with Crippen LogP contribution in [0.4, 0.5) is 11.4 Å². The van der Waals surface area contributed by atoms with Gasteiger partial charge in [-0.05, 0) is 153 Å². The van der Waals surface area contributed by atoms with E-state index in [2.05, 4.69) is 76.2 Å². The summed E-state index contributed by atoms with van der Waals surface area (Å²) in [5.74, 6) is -4.87. The molecule has 0 unspecified atom stereocenters. The molecule has 0 aliphatic carbocycles. The summed E-state index contributed by atoms with van der Waals surface area (Å²) < 4.78 is 0. The Bertz CT molecular complexity index is 2420. The van der Waals surface area contributed by atoms with Crippen molar-refractivity contribution in [2.45, 2.75) is 299 Å². The normalized spacial score (nSPS) is 11.4. The number of carboxylic acid groups (broad SMARTS) is 2. The number of carboxylic acids is 2. The maximum atomic E-state index is 11.0. The molecule has 0 heterocycles. The Morgan fingerprint density at radius 2 is 0.706 bits per heavy atom. The third-order valence-electron chi connectivity index (χ3n) is 16.1. The average molecular weight is 1220 g/mol. The Labute approximate surface area is 526 Å². The van der Waals surface area contributed by atoms with E-state index < -0.39 is 34.9 Å². The van der Waals surface area contributed by atoms with E-state index in [0.717, 1.165) is 86.0 Å². The van der Waals surface area contributed by atoms with Crippen molar-refractivity contribution in [3.63, 3.8) is 0 Å². The topological polar surface area (TPSA) is 186 Å². The first kappa shape index (κ1) is 77.9. The maximum absolute atomic E-state index is 11.0. The van der Waals surface area contributed by atoms with Gasteiger partial charge in [0, 0.05) is 11.1 Å². The predicted octanol–water partition coefficient (Wildman–Crippen LogP) is 19.3. The number of phenols is 4. The number of carbonyl (C=O) groups excluding carboxylic acids is 2. The first-order chi connectivity index (χ1) is 40.7. The number of unbranched alkanes of at least 4 members (excludes halogenated alkanes) is 25. The molecule has 4 N–H and O–H groups in total. The van der Waals surface area contributed by atoms with Gasteiger partial charge in [-0.1, -0.05) is 240 Å². The van der Waals surface area contributed by atoms with Crippen LogP contribution >= 0.6 is 0 Å². The van der Waals surface area contributed by atoms with Crippen molar-refractivity contribution < 1.29 is 56.7 Å². The van der Waals surface area contributed by atoms with Crippen LogP contribution in [0.15, 0.2) is 70.6 Å². The Morgan fingerprint density at radius 1 is 0.388 bits per heavy atom. The second-order valence-electron chi connectivity index (χ2n) is 23.2. The van der Waals surface area contributed by atoms with Crippen LogP contribution in [0, 0.1) is 0 Å². The molecule has 11 heteroatoms. The van der Waals surface area contributed by atoms with E-state index in [1.54, 1.807) is 0 Å². The van der Waals surface area contributed by atoms with Gasteiger partial charge in [0.05, 0.1) is 34.7 Å². The fourth-order valence-electron chi connectivity index (χ4n) is 11.0. The van der Waals surface area contributed by atoms with Gasteiger partial charge in [0.1, 0.15) is 0 Å². The minimum absolute atomic E-state index is 0. The van der Waals surface area contributed by atoms with Crippen LogP contribution in [-0.4, -0.2) is 43.8 Å². The number of carbonyl (C=O) groups is 2. The Morgan fingerprint density at radius 3 is 1.01 bits per heavy atom. The van der Waals surface area contributed by atoms with Gasteiger partial charge in [-0.3, -0.25) is 9.98 Å². The molecule has 0 saturated carbocycles. The molecular formula is C74H114N2NiO8. The van der Waals surface area contributed by atoms with Gasteiger partial charge in [0.15, 0.2) is 23.0 Å². The molecule has 0 spiro atoms. The van der Waals surface area contributed by atoms with Gasteiger partial charge < -0.3 is 40.2 Å². The number of rotatable bonds is 43. The van der Waals surface area contributed by atoms with Gasteiger partial charge in [-0.2, -0.15) is 0 Å². The van der Waals surface area contributed by atoms with E-state index in [0.29, 0.717) is 36.8 Å². The summed E-state index contributed by atoms with van der Waals surface area (Å²) in [4.78, 5) is 32.6. The standard InChI is InChI=1S/C48H80N2.2C13H18O4.Ni/c1-5-9-12-14-16-18-20-22-24-26-28-30-34-43-36-32-38-45(41-43)49-47(8-4)48(40-11-7-3)50-46-39-33-37-44(42-46)35-31-29-27-25-23-21-19-17-15-13-10-6-2;2*1-3-5-6-9-8(4-2)7-10(14)12(15)11(9)13(16)17;/h32-33,36-39,41-42H,5-31,34-35,40H2,1-4H3;2*7,14-15H,3-6H2,1-2H3,(H,16,17);/q;;;+2/p-2. The molecule has 0 aliphatic heterocycles. The summed E-state index contributed by atoms with van der Waals surface area (Å²) in [5.41, 5.74) is 9.44. The van der Waals surface area contributed by atoms with Crippen LogP contribution in [0.5, 0.6) is 23.0 Å². The Hall–Kier alpha value is -5.15. The van der Waals surface area contributed by atoms with Crippen LogP contribution in [0.3, 0.4) is 0 Å². The number of aliphatic imine (C=N–C) groups is 2. The predicted molar refractivity (Wildman–Crippen MR) is 351 cm³/mol. The molecule has 0 aliphatic rings. The number of aromatic hydroxyl groups is 4. The van der Waals surface area contributed by atoms with Crippen molar-refractivity contribution in [2.24, 2.45) is 9.98 Å². The van der Waals surface area contributed by atoms with Gasteiger partial charge in [-0.15, -0.1) is 0 Å². The average Bonchev–Trinajstić information content (AvgIpc) is 3.50. The molecule has 0 aromatic heterocycles. The van der Waals surface area contributed by atoms with Gasteiger partial charge in [0.25, 0.3) is 0 Å². The van der Waals surface area contributed by atoms with Crippen LogP contribution in [0.2, 0.25) is 0 Å². The molecule has 0 fully saturated rings. The van der Waals surface area contributed by atoms with E-state index in [1.807, 2.05) is 27.7 Å². The van der Waals surface area contributed by atoms with Crippen LogP contribution in [0.1, 0.15) is 315 Å². The fraction of sp³-hybridized carbons (Fsp3) is 0.622. The van der Waals surface area contributed by atoms with Crippen molar-refractivity contribution in [1.29, 1.82) is 0 Å². The third-order valence-corrected chi connectivity index (χ3v) is 16.1. The molecule has 4 aromatic carbocycles. The van der Waals surface area contributed by atoms with E-state index in [1.165, 1.54) is 189 Å². The number of hydrogen-bond acceptors (Lipinski definition) is 10. The second-order valence-corrected chi connectivity index (χ2v) is 23.2. The minimum atomic E-state index is -1.45. The summed E-state index contributed by atoms with van der Waals surface area (Å²) in [6.07, 6.45) is 46.0. The molecule has 0 atom stereocenters. The summed E-state index contributed by atoms with van der Waals surface area (Å²) in [6, 6.07) is 20.8. The zero-order valence-electron chi connectivity index (χ0n) is 54.3. The largest absolute Gasteiger partial charge is 2.00 e. The monoisotopic (exact) mass is 1220 g/mol. The summed E-state index contributed by atoms with van der Waals surface area (Å²) >= 11 is 0. The zero-order valence-corrected chi connectivity index (χ0v) is 55.3. The van der Waals surface area contributed by atoms with Gasteiger partial charge in [0.2, 0.25) is 0 Å². The molecule has 85 heavy (non-hydrogen) atoms. The van der Waals surface area contributed by atoms with Crippen molar-refractivity contribution in [2.75, 3.05) is 0 Å². The number of aryl methyl sites for hydroxylation is 4. The van der Waals surface area contributed by atoms with Crippen molar-refractivity contribution in [1.82, 2.24) is 0 Å². The van der Waals surface area contributed by atoms with E-state index in [9.17, 15) is 40.2 Å². The van der Waals surface area contributed by atoms with E-state index in [4.69, 9.17) is 9.98 Å². The maximum Gasteiger partial charge on any atom is 2.00 e. The molecule has 10 nitrogen and oxygen atoms in total. The minimum Gasteiger partial charge on any atom is -0.545 e. The first-order valence-corrected chi connectivity index (χ1v) is 33.6. The Balaban J connectivity index is 0.000000832. The summed E-state index contributed by atoms with van der Waals surface area (Å²) in [6.45, 7) is 16.9. The molecule has 0 bridgehead atoms. The number of phenolic OH excluding ortho intramolecular Hbond substituents is 2. The molecule has 0 amide bonds. The van der Waals surface area contributed by atoms with Crippen molar-refractivity contribution >= 4 is 34.7 Å². The molecule has 4 rings (SSSR count). The number of hydrogen-bond donors (Lipinski definition) is 4. The van der Waals surface area contributed by atoms with Crippen molar-refractivity contribution in [3.05, 3.63) is 105 Å². The third kappa shape index (κ3) is 31.9. The zero-order chi connectivity index (χ0) is 61.7. The smallest absolute Gasteiger partial charge is 0.545 e. The molecule has 0 radical (unpaired) electrons. The molecule has 4 aromatic rings. The molecule has 0 saturated heterocycles. The second kappa shape index (κ2) is 48.9. The molecule has 478 valence electrons. The number of benzene rings is 4. The number of aromatic carboxylic acids is 2. The van der Waals surface area contributed by atoms with Crippen LogP contribution < -0.4 is 10.2 Å². The fourth-order valence-corrected chi connectivity index (χ4v) is 11.0. The number of nitrogens with zero attached hydrogens (tertiary/aromatic N) is 2. The van der Waals surface area contributed by atoms with E-state index >= 15 is 0 Å². The quantitative estimate of drug-likeness (QED) is 0.0146. The first-order valence-electron chi connectivity index (χ1n) is 33.6. The Kier molecular flexibility index (Phi) is 44.8. The van der Waals surface area contributed by atoms with Gasteiger partial charge in [-0.25, -0.2) is 0 Å².